The summed E-state index contributed by atoms with van der Waals surface area (Å²) in [6, 6.07) is 15.0. The normalized spacial score (nSPS) is 14.1. The number of aryl methyl sites for hydroxylation is 1. The fraction of sp³-hybridized carbons (Fsp3) is 0.280. The first-order valence-electron chi connectivity index (χ1n) is 10.9. The lowest BCUT2D eigenvalue weighted by molar-refractivity contribution is -0.137. The summed E-state index contributed by atoms with van der Waals surface area (Å²) in [7, 11) is 1.35. The van der Waals surface area contributed by atoms with E-state index >= 15 is 0 Å². The lowest BCUT2D eigenvalue weighted by Crippen LogP contribution is -2.50. The predicted molar refractivity (Wildman–Crippen MR) is 137 cm³/mol. The second-order valence-electron chi connectivity index (χ2n) is 8.05. The molecule has 0 saturated carbocycles. The molecule has 3 aromatic rings. The van der Waals surface area contributed by atoms with E-state index in [2.05, 4.69) is 5.32 Å². The number of alkyl halides is 3. The fourth-order valence-corrected chi connectivity index (χ4v) is 5.52. The number of methoxy groups -OCH3 is 1. The van der Waals surface area contributed by atoms with Crippen molar-refractivity contribution < 1.29 is 22.7 Å². The van der Waals surface area contributed by atoms with Gasteiger partial charge in [0, 0.05) is 42.3 Å². The van der Waals surface area contributed by atoms with E-state index in [4.69, 9.17) is 17.0 Å². The van der Waals surface area contributed by atoms with Crippen LogP contribution in [0.1, 0.15) is 20.8 Å². The molecular formula is C25H24F3N3O2S2. The van der Waals surface area contributed by atoms with E-state index in [9.17, 15) is 18.0 Å². The van der Waals surface area contributed by atoms with Gasteiger partial charge in [0.2, 0.25) is 0 Å². The van der Waals surface area contributed by atoms with E-state index in [1.165, 1.54) is 30.6 Å². The molecule has 4 rings (SSSR count). The van der Waals surface area contributed by atoms with E-state index in [0.29, 0.717) is 47.5 Å². The first-order valence-corrected chi connectivity index (χ1v) is 12.2. The molecule has 1 saturated heterocycles. The van der Waals surface area contributed by atoms with E-state index in [-0.39, 0.29) is 0 Å². The number of rotatable bonds is 4. The number of thiocarbonyl (C=S) groups is 1. The van der Waals surface area contributed by atoms with E-state index in [0.717, 1.165) is 22.1 Å². The lowest BCUT2D eigenvalue weighted by atomic mass is 10.0. The van der Waals surface area contributed by atoms with Gasteiger partial charge < -0.3 is 19.9 Å². The van der Waals surface area contributed by atoms with E-state index in [1.54, 1.807) is 6.07 Å². The summed E-state index contributed by atoms with van der Waals surface area (Å²) in [4.78, 5) is 17.5. The second kappa shape index (κ2) is 10.2. The van der Waals surface area contributed by atoms with Crippen LogP contribution < -0.4 is 10.2 Å². The molecule has 10 heteroatoms. The monoisotopic (exact) mass is 519 g/mol. The van der Waals surface area contributed by atoms with Crippen LogP contribution in [0.25, 0.3) is 11.1 Å². The smallest absolute Gasteiger partial charge is 0.416 e. The van der Waals surface area contributed by atoms with Gasteiger partial charge in [0.25, 0.3) is 0 Å². The number of nitrogens with one attached hydrogen (secondary N) is 1. The number of carbonyl (C=O) groups excluding carboxylic acids is 1. The van der Waals surface area contributed by atoms with Crippen molar-refractivity contribution in [3.05, 3.63) is 70.6 Å². The number of anilines is 2. The number of carbonyl (C=O) groups is 1. The van der Waals surface area contributed by atoms with Crippen LogP contribution in [0, 0.1) is 6.92 Å². The van der Waals surface area contributed by atoms with Crippen LogP contribution in [0.2, 0.25) is 0 Å². The van der Waals surface area contributed by atoms with Gasteiger partial charge in [-0.2, -0.15) is 13.2 Å². The molecule has 0 atom stereocenters. The first-order chi connectivity index (χ1) is 16.7. The van der Waals surface area contributed by atoms with Crippen LogP contribution in [0.3, 0.4) is 0 Å². The maximum absolute atomic E-state index is 13.1. The van der Waals surface area contributed by atoms with Crippen LogP contribution in [0.4, 0.5) is 23.9 Å². The standard InChI is InChI=1S/C25H24F3N3O2S2/c1-16-20(17-7-4-3-5-8-17)21(23(32)33-2)22(35-16)29-24(34)31-13-11-30(12-14-31)19-10-6-9-18(15-19)25(26,27)28/h3-10,15H,11-14H2,1-2H3,(H,29,34). The summed E-state index contributed by atoms with van der Waals surface area (Å²) < 4.78 is 44.3. The molecule has 0 radical (unpaired) electrons. The lowest BCUT2D eigenvalue weighted by Gasteiger charge is -2.37. The van der Waals surface area contributed by atoms with Crippen LogP contribution in [0.5, 0.6) is 0 Å². The molecule has 1 aromatic heterocycles. The fourth-order valence-electron chi connectivity index (χ4n) is 4.10. The van der Waals surface area contributed by atoms with E-state index in [1.807, 2.05) is 47.1 Å². The largest absolute Gasteiger partial charge is 0.465 e. The van der Waals surface area contributed by atoms with Crippen LogP contribution in [-0.2, 0) is 10.9 Å². The molecule has 1 aliphatic heterocycles. The molecule has 0 bridgehead atoms. The van der Waals surface area contributed by atoms with Crippen molar-refractivity contribution in [3.8, 4) is 11.1 Å². The minimum atomic E-state index is -4.38. The number of nitrogens with zero attached hydrogens (tertiary/aromatic N) is 2. The summed E-state index contributed by atoms with van der Waals surface area (Å²) in [6.07, 6.45) is -4.38. The Balaban J connectivity index is 1.48. The highest BCUT2D eigenvalue weighted by Gasteiger charge is 2.31. The SMILES string of the molecule is COC(=O)c1c(NC(=S)N2CCN(c3cccc(C(F)(F)F)c3)CC2)sc(C)c1-c1ccccc1. The Bertz CT molecular complexity index is 1220. The number of thiophene rings is 1. The third kappa shape index (κ3) is 5.43. The number of ether oxygens (including phenoxy) is 1. The van der Waals surface area contributed by atoms with Crippen molar-refractivity contribution in [2.45, 2.75) is 13.1 Å². The molecule has 1 aliphatic rings. The summed E-state index contributed by atoms with van der Waals surface area (Å²) in [5.41, 5.74) is 2.03. The van der Waals surface area contributed by atoms with Crippen molar-refractivity contribution in [2.24, 2.45) is 0 Å². The number of piperazine rings is 1. The van der Waals surface area contributed by atoms with Gasteiger partial charge in [-0.25, -0.2) is 4.79 Å². The van der Waals surface area contributed by atoms with Gasteiger partial charge in [-0.1, -0.05) is 36.4 Å². The van der Waals surface area contributed by atoms with Gasteiger partial charge in [-0.3, -0.25) is 0 Å². The molecule has 2 aromatic carbocycles. The highest BCUT2D eigenvalue weighted by Crippen LogP contribution is 2.40. The Morgan fingerprint density at radius 2 is 1.74 bits per heavy atom. The number of esters is 1. The number of benzene rings is 2. The Kier molecular flexibility index (Phi) is 7.32. The maximum Gasteiger partial charge on any atom is 0.416 e. The quantitative estimate of drug-likeness (QED) is 0.335. The predicted octanol–water partition coefficient (Wildman–Crippen LogP) is 6.05. The van der Waals surface area contributed by atoms with Gasteiger partial charge in [0.1, 0.15) is 10.6 Å². The third-order valence-electron chi connectivity index (χ3n) is 5.86. The maximum atomic E-state index is 13.1. The Morgan fingerprint density at radius 3 is 2.37 bits per heavy atom. The zero-order chi connectivity index (χ0) is 25.2. The molecule has 35 heavy (non-hydrogen) atoms. The minimum absolute atomic E-state index is 0.436. The van der Waals surface area contributed by atoms with Gasteiger partial charge in [-0.15, -0.1) is 11.3 Å². The number of hydrogen-bond donors (Lipinski definition) is 1. The molecule has 0 amide bonds. The second-order valence-corrected chi connectivity index (χ2v) is 9.66. The molecule has 2 heterocycles. The highest BCUT2D eigenvalue weighted by molar-refractivity contribution is 7.80. The van der Waals surface area contributed by atoms with Crippen molar-refractivity contribution in [3.63, 3.8) is 0 Å². The number of hydrogen-bond acceptors (Lipinski definition) is 5. The van der Waals surface area contributed by atoms with Crippen molar-refractivity contribution in [1.82, 2.24) is 4.90 Å². The topological polar surface area (TPSA) is 44.8 Å². The molecule has 5 nitrogen and oxygen atoms in total. The molecule has 0 spiro atoms. The first kappa shape index (κ1) is 25.0. The van der Waals surface area contributed by atoms with Crippen molar-refractivity contribution in [1.29, 1.82) is 0 Å². The minimum Gasteiger partial charge on any atom is -0.465 e. The molecule has 1 N–H and O–H groups in total. The third-order valence-corrected chi connectivity index (χ3v) is 7.24. The van der Waals surface area contributed by atoms with Crippen molar-refractivity contribution >= 4 is 45.3 Å². The van der Waals surface area contributed by atoms with Crippen LogP contribution in [0.15, 0.2) is 54.6 Å². The average molecular weight is 520 g/mol. The van der Waals surface area contributed by atoms with Gasteiger partial charge in [0.15, 0.2) is 5.11 Å². The zero-order valence-corrected chi connectivity index (χ0v) is 20.8. The van der Waals surface area contributed by atoms with Crippen LogP contribution in [-0.4, -0.2) is 49.3 Å². The van der Waals surface area contributed by atoms with Gasteiger partial charge in [-0.05, 0) is 42.9 Å². The van der Waals surface area contributed by atoms with Crippen LogP contribution >= 0.6 is 23.6 Å². The highest BCUT2D eigenvalue weighted by atomic mass is 32.1. The molecule has 184 valence electrons. The Labute approximate surface area is 211 Å². The summed E-state index contributed by atoms with van der Waals surface area (Å²) in [5.74, 6) is -0.451. The average Bonchev–Trinajstić information content (AvgIpc) is 3.19. The molecule has 0 unspecified atom stereocenters. The Hall–Kier alpha value is -3.11. The van der Waals surface area contributed by atoms with Crippen molar-refractivity contribution in [2.75, 3.05) is 43.5 Å². The summed E-state index contributed by atoms with van der Waals surface area (Å²) in [6.45, 7) is 4.05. The van der Waals surface area contributed by atoms with Gasteiger partial charge in [0.05, 0.1) is 12.7 Å². The number of halogens is 3. The summed E-state index contributed by atoms with van der Waals surface area (Å²) in [5, 5.41) is 4.29. The van der Waals surface area contributed by atoms with E-state index < -0.39 is 17.7 Å². The summed E-state index contributed by atoms with van der Waals surface area (Å²) >= 11 is 7.06. The molecule has 0 aliphatic carbocycles. The van der Waals surface area contributed by atoms with Gasteiger partial charge >= 0.3 is 12.1 Å². The molecule has 1 fully saturated rings. The zero-order valence-electron chi connectivity index (χ0n) is 19.2. The molecular weight excluding hydrogens is 495 g/mol. The Morgan fingerprint density at radius 1 is 1.06 bits per heavy atom.